The average Bonchev–Trinajstić information content (AvgIpc) is 2.64. The number of hydrogen-bond acceptors (Lipinski definition) is 3. The molecule has 0 aliphatic heterocycles. The van der Waals surface area contributed by atoms with Crippen molar-refractivity contribution in [1.82, 2.24) is 10.3 Å². The van der Waals surface area contributed by atoms with Gasteiger partial charge in [-0.3, -0.25) is 4.79 Å². The Bertz CT molecular complexity index is 696. The minimum atomic E-state index is -0.00458. The van der Waals surface area contributed by atoms with Crippen molar-refractivity contribution in [2.24, 2.45) is 0 Å². The van der Waals surface area contributed by atoms with Crippen LogP contribution in [0, 0.1) is 0 Å². The van der Waals surface area contributed by atoms with Crippen LogP contribution in [-0.2, 0) is 6.42 Å². The van der Waals surface area contributed by atoms with Crippen molar-refractivity contribution in [2.45, 2.75) is 44.6 Å². The molecule has 1 aromatic heterocycles. The Hall–Kier alpha value is -2.07. The molecule has 1 fully saturated rings. The Labute approximate surface area is 154 Å². The van der Waals surface area contributed by atoms with E-state index in [1.807, 2.05) is 30.3 Å². The van der Waals surface area contributed by atoms with Gasteiger partial charge in [0.15, 0.2) is 0 Å². The molecule has 0 radical (unpaired) electrons. The van der Waals surface area contributed by atoms with Crippen LogP contribution in [0.25, 0.3) is 0 Å². The summed E-state index contributed by atoms with van der Waals surface area (Å²) in [5, 5.41) is 7.17. The maximum atomic E-state index is 12.4. The standard InChI is InChI=1S/C20H24ClN3O/c21-17-8-6-15(7-9-17)10-12-22-19-14-16(11-13-23-19)20(25)24-18-4-2-1-3-5-18/h6-9,11,13-14,18H,1-5,10,12H2,(H,22,23)(H,24,25). The minimum Gasteiger partial charge on any atom is -0.370 e. The quantitative estimate of drug-likeness (QED) is 0.802. The maximum absolute atomic E-state index is 12.4. The number of hydrogen-bond donors (Lipinski definition) is 2. The monoisotopic (exact) mass is 357 g/mol. The van der Waals surface area contributed by atoms with E-state index >= 15 is 0 Å². The van der Waals surface area contributed by atoms with E-state index in [1.165, 1.54) is 24.8 Å². The van der Waals surface area contributed by atoms with E-state index in [0.717, 1.165) is 36.6 Å². The Balaban J connectivity index is 1.51. The predicted molar refractivity (Wildman–Crippen MR) is 102 cm³/mol. The lowest BCUT2D eigenvalue weighted by atomic mass is 9.95. The van der Waals surface area contributed by atoms with Crippen molar-refractivity contribution >= 4 is 23.3 Å². The summed E-state index contributed by atoms with van der Waals surface area (Å²) in [5.74, 6) is 0.723. The molecule has 2 N–H and O–H groups in total. The molecule has 3 rings (SSSR count). The lowest BCUT2D eigenvalue weighted by Crippen LogP contribution is -2.36. The molecule has 0 bridgehead atoms. The maximum Gasteiger partial charge on any atom is 0.251 e. The SMILES string of the molecule is O=C(NC1CCCCC1)c1ccnc(NCCc2ccc(Cl)cc2)c1. The number of rotatable bonds is 6. The number of anilines is 1. The van der Waals surface area contributed by atoms with Gasteiger partial charge in [0.25, 0.3) is 5.91 Å². The third kappa shape index (κ3) is 5.46. The van der Waals surface area contributed by atoms with Crippen molar-refractivity contribution in [3.05, 3.63) is 58.7 Å². The number of pyridine rings is 1. The highest BCUT2D eigenvalue weighted by Crippen LogP contribution is 2.18. The molecule has 1 aromatic carbocycles. The second-order valence-electron chi connectivity index (χ2n) is 6.54. The van der Waals surface area contributed by atoms with E-state index in [2.05, 4.69) is 15.6 Å². The van der Waals surface area contributed by atoms with Crippen LogP contribution in [0.1, 0.15) is 48.0 Å². The van der Waals surface area contributed by atoms with Crippen molar-refractivity contribution in [3.8, 4) is 0 Å². The molecular weight excluding hydrogens is 334 g/mol. The third-order valence-electron chi connectivity index (χ3n) is 4.60. The highest BCUT2D eigenvalue weighted by atomic mass is 35.5. The van der Waals surface area contributed by atoms with E-state index in [0.29, 0.717) is 11.6 Å². The fourth-order valence-corrected chi connectivity index (χ4v) is 3.30. The molecule has 5 heteroatoms. The molecule has 1 aliphatic carbocycles. The third-order valence-corrected chi connectivity index (χ3v) is 4.85. The number of halogens is 1. The number of nitrogens with one attached hydrogen (secondary N) is 2. The van der Waals surface area contributed by atoms with E-state index in [4.69, 9.17) is 11.6 Å². The highest BCUT2D eigenvalue weighted by molar-refractivity contribution is 6.30. The van der Waals surface area contributed by atoms with Gasteiger partial charge in [-0.2, -0.15) is 0 Å². The molecule has 0 saturated heterocycles. The topological polar surface area (TPSA) is 54.0 Å². The van der Waals surface area contributed by atoms with Crippen LogP contribution in [-0.4, -0.2) is 23.5 Å². The normalized spacial score (nSPS) is 14.9. The molecular formula is C20H24ClN3O. The lowest BCUT2D eigenvalue weighted by molar-refractivity contribution is 0.0927. The summed E-state index contributed by atoms with van der Waals surface area (Å²) in [4.78, 5) is 16.7. The van der Waals surface area contributed by atoms with Crippen LogP contribution in [0.3, 0.4) is 0 Å². The van der Waals surface area contributed by atoms with Gasteiger partial charge in [0, 0.05) is 29.4 Å². The van der Waals surface area contributed by atoms with Gasteiger partial charge in [0.05, 0.1) is 0 Å². The first-order valence-corrected chi connectivity index (χ1v) is 9.34. The fourth-order valence-electron chi connectivity index (χ4n) is 3.17. The number of nitrogens with zero attached hydrogens (tertiary/aromatic N) is 1. The second kappa shape index (κ2) is 8.86. The summed E-state index contributed by atoms with van der Waals surface area (Å²) in [5.41, 5.74) is 1.87. The Morgan fingerprint density at radius 2 is 1.88 bits per heavy atom. The van der Waals surface area contributed by atoms with Crippen LogP contribution < -0.4 is 10.6 Å². The molecule has 0 spiro atoms. The Kier molecular flexibility index (Phi) is 6.29. The fraction of sp³-hybridized carbons (Fsp3) is 0.400. The van der Waals surface area contributed by atoms with E-state index in [-0.39, 0.29) is 5.91 Å². The molecule has 2 aromatic rings. The van der Waals surface area contributed by atoms with Crippen LogP contribution in [0.5, 0.6) is 0 Å². The number of benzene rings is 1. The van der Waals surface area contributed by atoms with Crippen LogP contribution >= 0.6 is 11.6 Å². The van der Waals surface area contributed by atoms with Gasteiger partial charge in [-0.15, -0.1) is 0 Å². The zero-order valence-corrected chi connectivity index (χ0v) is 15.1. The lowest BCUT2D eigenvalue weighted by Gasteiger charge is -2.22. The number of amides is 1. The van der Waals surface area contributed by atoms with Crippen molar-refractivity contribution < 1.29 is 4.79 Å². The molecule has 1 heterocycles. The van der Waals surface area contributed by atoms with Crippen molar-refractivity contribution in [2.75, 3.05) is 11.9 Å². The highest BCUT2D eigenvalue weighted by Gasteiger charge is 2.16. The van der Waals surface area contributed by atoms with Gasteiger partial charge in [-0.05, 0) is 49.1 Å². The van der Waals surface area contributed by atoms with Gasteiger partial charge in [-0.1, -0.05) is 43.0 Å². The van der Waals surface area contributed by atoms with Gasteiger partial charge < -0.3 is 10.6 Å². The first-order valence-electron chi connectivity index (χ1n) is 8.96. The molecule has 1 aliphatic rings. The summed E-state index contributed by atoms with van der Waals surface area (Å²) in [6, 6.07) is 11.7. The van der Waals surface area contributed by atoms with E-state index < -0.39 is 0 Å². The molecule has 1 amide bonds. The summed E-state index contributed by atoms with van der Waals surface area (Å²) < 4.78 is 0. The van der Waals surface area contributed by atoms with Crippen LogP contribution in [0.15, 0.2) is 42.6 Å². The minimum absolute atomic E-state index is 0.00458. The molecule has 25 heavy (non-hydrogen) atoms. The predicted octanol–water partition coefficient (Wildman–Crippen LogP) is 4.45. The first-order chi connectivity index (χ1) is 12.2. The van der Waals surface area contributed by atoms with Crippen molar-refractivity contribution in [3.63, 3.8) is 0 Å². The summed E-state index contributed by atoms with van der Waals surface area (Å²) in [6.45, 7) is 0.752. The second-order valence-corrected chi connectivity index (χ2v) is 6.98. The molecule has 0 atom stereocenters. The number of aromatic nitrogens is 1. The number of carbonyl (C=O) groups excluding carboxylic acids is 1. The van der Waals surface area contributed by atoms with E-state index in [1.54, 1.807) is 12.3 Å². The summed E-state index contributed by atoms with van der Waals surface area (Å²) in [6.07, 6.45) is 8.42. The van der Waals surface area contributed by atoms with Crippen LogP contribution in [0.2, 0.25) is 5.02 Å². The Morgan fingerprint density at radius 3 is 2.64 bits per heavy atom. The molecule has 0 unspecified atom stereocenters. The smallest absolute Gasteiger partial charge is 0.251 e. The van der Waals surface area contributed by atoms with Gasteiger partial charge in [0.1, 0.15) is 5.82 Å². The van der Waals surface area contributed by atoms with Crippen LogP contribution in [0.4, 0.5) is 5.82 Å². The molecule has 1 saturated carbocycles. The van der Waals surface area contributed by atoms with Gasteiger partial charge in [0.2, 0.25) is 0 Å². The van der Waals surface area contributed by atoms with Crippen molar-refractivity contribution in [1.29, 1.82) is 0 Å². The summed E-state index contributed by atoms with van der Waals surface area (Å²) in [7, 11) is 0. The summed E-state index contributed by atoms with van der Waals surface area (Å²) >= 11 is 5.89. The largest absolute Gasteiger partial charge is 0.370 e. The number of carbonyl (C=O) groups is 1. The molecule has 4 nitrogen and oxygen atoms in total. The zero-order valence-electron chi connectivity index (χ0n) is 14.3. The van der Waals surface area contributed by atoms with E-state index in [9.17, 15) is 4.79 Å². The van der Waals surface area contributed by atoms with Gasteiger partial charge >= 0.3 is 0 Å². The zero-order chi connectivity index (χ0) is 17.5. The Morgan fingerprint density at radius 1 is 1.12 bits per heavy atom. The first kappa shape index (κ1) is 17.7. The average molecular weight is 358 g/mol. The molecule has 132 valence electrons. The van der Waals surface area contributed by atoms with Gasteiger partial charge in [-0.25, -0.2) is 4.98 Å².